The van der Waals surface area contributed by atoms with Gasteiger partial charge in [-0.15, -0.1) is 0 Å². The number of hydrogen-bond acceptors (Lipinski definition) is 2. The number of carbonyl (C=O) groups is 1. The van der Waals surface area contributed by atoms with E-state index in [2.05, 4.69) is 27.7 Å². The van der Waals surface area contributed by atoms with Gasteiger partial charge in [0.05, 0.1) is 17.6 Å². The van der Waals surface area contributed by atoms with Crippen LogP contribution in [-0.2, 0) is 9.53 Å². The second-order valence-corrected chi connectivity index (χ2v) is 6.38. The van der Waals surface area contributed by atoms with Crippen LogP contribution in [0.15, 0.2) is 0 Å². The summed E-state index contributed by atoms with van der Waals surface area (Å²) in [6.45, 7) is 8.60. The Hall–Kier alpha value is -0.370. The molecule has 1 heterocycles. The fraction of sp³-hybridized carbons (Fsp3) is 0.929. The van der Waals surface area contributed by atoms with Gasteiger partial charge < -0.3 is 4.74 Å². The molecule has 1 saturated heterocycles. The molecule has 3 atom stereocenters. The minimum atomic E-state index is -0.291. The van der Waals surface area contributed by atoms with E-state index in [9.17, 15) is 4.79 Å². The molecule has 92 valence electrons. The van der Waals surface area contributed by atoms with Crippen molar-refractivity contribution in [2.75, 3.05) is 0 Å². The molecule has 2 rings (SSSR count). The highest BCUT2D eigenvalue weighted by Crippen LogP contribution is 2.52. The second kappa shape index (κ2) is 3.83. The molecule has 1 unspecified atom stereocenters. The lowest BCUT2D eigenvalue weighted by atomic mass is 9.58. The zero-order valence-corrected chi connectivity index (χ0v) is 11.0. The van der Waals surface area contributed by atoms with Crippen LogP contribution in [0.3, 0.4) is 0 Å². The van der Waals surface area contributed by atoms with Gasteiger partial charge in [-0.2, -0.15) is 0 Å². The summed E-state index contributed by atoms with van der Waals surface area (Å²) >= 11 is 0. The molecule has 0 aromatic heterocycles. The maximum absolute atomic E-state index is 12.0. The fourth-order valence-electron chi connectivity index (χ4n) is 3.51. The molecule has 2 fully saturated rings. The van der Waals surface area contributed by atoms with E-state index in [0.29, 0.717) is 11.9 Å². The number of ether oxygens (including phenoxy) is 1. The highest BCUT2D eigenvalue weighted by Gasteiger charge is 2.54. The Kier molecular flexibility index (Phi) is 2.90. The van der Waals surface area contributed by atoms with Crippen molar-refractivity contribution < 1.29 is 9.53 Å². The third-order valence-electron chi connectivity index (χ3n) is 4.75. The smallest absolute Gasteiger partial charge is 0.141 e. The van der Waals surface area contributed by atoms with Crippen molar-refractivity contribution in [1.82, 2.24) is 0 Å². The minimum Gasteiger partial charge on any atom is -0.373 e. The molecule has 16 heavy (non-hydrogen) atoms. The van der Waals surface area contributed by atoms with Crippen LogP contribution in [0.4, 0.5) is 0 Å². The number of rotatable bonds is 1. The molecule has 1 saturated carbocycles. The van der Waals surface area contributed by atoms with Crippen LogP contribution < -0.4 is 0 Å². The first-order valence-electron chi connectivity index (χ1n) is 6.59. The average molecular weight is 224 g/mol. The Morgan fingerprint density at radius 2 is 2.00 bits per heavy atom. The third kappa shape index (κ3) is 1.71. The average Bonchev–Trinajstić information content (AvgIpc) is 2.25. The van der Waals surface area contributed by atoms with Crippen molar-refractivity contribution in [3.05, 3.63) is 0 Å². The molecular formula is C14H24O2. The number of Topliss-reactive ketones (excluding diaryl/α,β-unsaturated/α-hetero) is 1. The topological polar surface area (TPSA) is 26.3 Å². The molecule has 0 amide bonds. The van der Waals surface area contributed by atoms with Gasteiger partial charge in [0.1, 0.15) is 5.78 Å². The summed E-state index contributed by atoms with van der Waals surface area (Å²) in [5.41, 5.74) is -0.0656. The first kappa shape index (κ1) is 12.1. The maximum Gasteiger partial charge on any atom is 0.141 e. The number of hydrogen-bond donors (Lipinski definition) is 0. The van der Waals surface area contributed by atoms with Gasteiger partial charge in [0.25, 0.3) is 0 Å². The largest absolute Gasteiger partial charge is 0.373 e. The van der Waals surface area contributed by atoms with E-state index in [1.54, 1.807) is 0 Å². The van der Waals surface area contributed by atoms with Gasteiger partial charge in [-0.1, -0.05) is 27.7 Å². The monoisotopic (exact) mass is 224 g/mol. The van der Waals surface area contributed by atoms with Crippen LogP contribution >= 0.6 is 0 Å². The predicted octanol–water partition coefficient (Wildman–Crippen LogP) is 3.34. The quantitative estimate of drug-likeness (QED) is 0.683. The lowest BCUT2D eigenvalue weighted by Crippen LogP contribution is -2.56. The van der Waals surface area contributed by atoms with Gasteiger partial charge >= 0.3 is 0 Å². The lowest BCUT2D eigenvalue weighted by molar-refractivity contribution is -0.193. The van der Waals surface area contributed by atoms with Crippen LogP contribution in [0.1, 0.15) is 59.8 Å². The fourth-order valence-corrected chi connectivity index (χ4v) is 3.51. The molecule has 0 bridgehead atoms. The Morgan fingerprint density at radius 3 is 2.62 bits per heavy atom. The SMILES string of the molecule is CCC1CC[C@@]2(C)CCC(=O)C(C)(C)[C@@H]2O1. The van der Waals surface area contributed by atoms with Gasteiger partial charge in [-0.05, 0) is 31.1 Å². The van der Waals surface area contributed by atoms with E-state index in [1.807, 2.05) is 0 Å². The first-order valence-corrected chi connectivity index (χ1v) is 6.59. The van der Waals surface area contributed by atoms with Gasteiger partial charge in [0.15, 0.2) is 0 Å². The Morgan fingerprint density at radius 1 is 1.31 bits per heavy atom. The highest BCUT2D eigenvalue weighted by molar-refractivity contribution is 5.85. The summed E-state index contributed by atoms with van der Waals surface area (Å²) in [6, 6.07) is 0. The molecule has 1 aliphatic heterocycles. The lowest BCUT2D eigenvalue weighted by Gasteiger charge is -2.53. The van der Waals surface area contributed by atoms with Crippen molar-refractivity contribution in [2.45, 2.75) is 72.0 Å². The molecule has 0 radical (unpaired) electrons. The van der Waals surface area contributed by atoms with Crippen LogP contribution in [-0.4, -0.2) is 18.0 Å². The molecule has 0 N–H and O–H groups in total. The Bertz CT molecular complexity index is 295. The van der Waals surface area contributed by atoms with E-state index in [1.165, 1.54) is 6.42 Å². The number of ketones is 1. The van der Waals surface area contributed by atoms with Crippen molar-refractivity contribution in [2.24, 2.45) is 10.8 Å². The molecule has 2 aliphatic rings. The summed E-state index contributed by atoms with van der Waals surface area (Å²) in [7, 11) is 0. The van der Waals surface area contributed by atoms with E-state index in [-0.39, 0.29) is 16.9 Å². The summed E-state index contributed by atoms with van der Waals surface area (Å²) < 4.78 is 6.21. The zero-order chi connectivity index (χ0) is 12.0. The van der Waals surface area contributed by atoms with Gasteiger partial charge in [0, 0.05) is 6.42 Å². The van der Waals surface area contributed by atoms with Crippen molar-refractivity contribution in [3.8, 4) is 0 Å². The van der Waals surface area contributed by atoms with Crippen LogP contribution in [0.2, 0.25) is 0 Å². The predicted molar refractivity (Wildman–Crippen MR) is 64.3 cm³/mol. The van der Waals surface area contributed by atoms with Crippen molar-refractivity contribution in [3.63, 3.8) is 0 Å². The Balaban J connectivity index is 2.26. The van der Waals surface area contributed by atoms with Crippen LogP contribution in [0.25, 0.3) is 0 Å². The van der Waals surface area contributed by atoms with E-state index in [4.69, 9.17) is 4.74 Å². The van der Waals surface area contributed by atoms with Gasteiger partial charge in [0.2, 0.25) is 0 Å². The minimum absolute atomic E-state index is 0.125. The van der Waals surface area contributed by atoms with Crippen LogP contribution in [0.5, 0.6) is 0 Å². The summed E-state index contributed by atoms with van der Waals surface area (Å²) in [5, 5.41) is 0. The van der Waals surface area contributed by atoms with Crippen molar-refractivity contribution >= 4 is 5.78 Å². The first-order chi connectivity index (χ1) is 7.40. The Labute approximate surface area is 98.7 Å². The van der Waals surface area contributed by atoms with E-state index >= 15 is 0 Å². The maximum atomic E-state index is 12.0. The molecule has 0 aromatic rings. The van der Waals surface area contributed by atoms with Crippen LogP contribution in [0, 0.1) is 10.8 Å². The molecule has 2 nitrogen and oxygen atoms in total. The molecule has 0 spiro atoms. The summed E-state index contributed by atoms with van der Waals surface area (Å²) in [4.78, 5) is 12.0. The third-order valence-corrected chi connectivity index (χ3v) is 4.75. The van der Waals surface area contributed by atoms with Gasteiger partial charge in [-0.25, -0.2) is 0 Å². The van der Waals surface area contributed by atoms with E-state index in [0.717, 1.165) is 25.7 Å². The standard InChI is InChI=1S/C14H24O2/c1-5-10-6-8-14(4)9-7-11(15)13(2,3)12(14)16-10/h10,12H,5-9H2,1-4H3/t10?,12-,14-/m0/s1. The number of fused-ring (bicyclic) bond motifs is 1. The molecule has 0 aromatic carbocycles. The highest BCUT2D eigenvalue weighted by atomic mass is 16.5. The number of carbonyl (C=O) groups excluding carboxylic acids is 1. The molecule has 1 aliphatic carbocycles. The second-order valence-electron chi connectivity index (χ2n) is 6.38. The summed E-state index contributed by atoms with van der Waals surface area (Å²) in [6.07, 6.45) is 5.68. The van der Waals surface area contributed by atoms with Crippen molar-refractivity contribution in [1.29, 1.82) is 0 Å². The summed E-state index contributed by atoms with van der Waals surface area (Å²) in [5.74, 6) is 0.381. The van der Waals surface area contributed by atoms with E-state index < -0.39 is 0 Å². The molecular weight excluding hydrogens is 200 g/mol. The zero-order valence-electron chi connectivity index (χ0n) is 11.0. The van der Waals surface area contributed by atoms with Gasteiger partial charge in [-0.3, -0.25) is 4.79 Å². The molecule has 2 heteroatoms. The normalized spacial score (nSPS) is 42.9.